The molecule has 0 radical (unpaired) electrons. The van der Waals surface area contributed by atoms with E-state index in [1.165, 1.54) is 468 Å². The van der Waals surface area contributed by atoms with Crippen molar-refractivity contribution in [3.63, 3.8) is 0 Å². The molecule has 0 aromatic rings. The van der Waals surface area contributed by atoms with E-state index in [1.54, 1.807) is 0 Å². The van der Waals surface area contributed by atoms with Gasteiger partial charge in [-0.3, -0.25) is 0 Å². The Morgan fingerprint density at radius 2 is 0.281 bits per heavy atom. The summed E-state index contributed by atoms with van der Waals surface area (Å²) in [7, 11) is -19.4. The van der Waals surface area contributed by atoms with E-state index in [0.717, 1.165) is 112 Å². The zero-order valence-electron chi connectivity index (χ0n) is 85.9. The standard InChI is InChI=1S/C108H226O7Si6/c1-16-29-42-55-68-81-94-116(95-82-69-56-43-30-17-2,96-83-70-57-44-31-18-3)111-118(99-86-73-60-47-34-21-6,100-87-74-61-48-35-22-7)113-120(103-90-77-64-51-38-25-10,104-91-78-65-52-39-26-11)115-121(105-92-79-66-53-40-27-12,106-93-80-67-54-41-28-13)114-119(101-88-75-62-49-36-23-8,102-89-76-63-50-37-24-9)112-117(110-108(109)107(14)15,97-84-71-58-45-32-19-4)98-85-72-59-46-33-20-5/h14,16-106H2,1-13,15H3. The Morgan fingerprint density at radius 3 is 0.430 bits per heavy atom. The Kier molecular flexibility index (Phi) is 88.5. The lowest BCUT2D eigenvalue weighted by atomic mass is 10.1. The Hall–Kier alpha value is 0.311. The Balaban J connectivity index is 11.0. The summed E-state index contributed by atoms with van der Waals surface area (Å²) in [6, 6.07) is 14.2. The van der Waals surface area contributed by atoms with Crippen molar-refractivity contribution in [3.8, 4) is 0 Å². The molecule has 724 valence electrons. The third-order valence-corrected chi connectivity index (χ3v) is 58.2. The maximum Gasteiger partial charge on any atom is 0.393 e. The summed E-state index contributed by atoms with van der Waals surface area (Å²) in [6.07, 6.45) is 99.8. The van der Waals surface area contributed by atoms with Gasteiger partial charge in [0.1, 0.15) is 0 Å². The van der Waals surface area contributed by atoms with Gasteiger partial charge in [0.15, 0.2) is 8.32 Å². The maximum atomic E-state index is 15.3. The molecule has 0 bridgehead atoms. The van der Waals surface area contributed by atoms with Crippen molar-refractivity contribution < 1.29 is 29.8 Å². The lowest BCUT2D eigenvalue weighted by Gasteiger charge is -2.51. The second-order valence-electron chi connectivity index (χ2n) is 40.1. The van der Waals surface area contributed by atoms with Gasteiger partial charge in [0.25, 0.3) is 0 Å². The molecule has 0 amide bonds. The number of unbranched alkanes of at least 4 members (excludes halogenated alkanes) is 65. The molecule has 0 N–H and O–H groups in total. The highest BCUT2D eigenvalue weighted by atomic mass is 28.5. The molecular formula is C108H226O7Si6. The summed E-state index contributed by atoms with van der Waals surface area (Å²) in [4.78, 5) is 15.3. The average molecular weight is 1810 g/mol. The molecule has 0 aliphatic carbocycles. The molecule has 0 rings (SSSR count). The normalized spacial score (nSPS) is 12.6. The second-order valence-corrected chi connectivity index (χ2v) is 62.4. The molecule has 0 spiro atoms. The molecule has 0 saturated carbocycles. The largest absolute Gasteiger partial charge is 0.491 e. The van der Waals surface area contributed by atoms with Crippen molar-refractivity contribution in [2.24, 2.45) is 0 Å². The molecule has 0 atom stereocenters. The van der Waals surface area contributed by atoms with Gasteiger partial charge in [-0.05, 0) is 73.4 Å². The van der Waals surface area contributed by atoms with Crippen LogP contribution >= 0.6 is 0 Å². The van der Waals surface area contributed by atoms with Gasteiger partial charge in [0.05, 0.1) is 0 Å². The minimum atomic E-state index is -3.46. The monoisotopic (exact) mass is 1800 g/mol. The van der Waals surface area contributed by atoms with Gasteiger partial charge in [0, 0.05) is 17.7 Å². The molecule has 7 nitrogen and oxygen atoms in total. The van der Waals surface area contributed by atoms with E-state index < -0.39 is 51.1 Å². The molecule has 0 heterocycles. The number of carbonyl (C=O) groups is 1. The van der Waals surface area contributed by atoms with Crippen molar-refractivity contribution in [1.82, 2.24) is 0 Å². The fourth-order valence-electron chi connectivity index (χ4n) is 19.7. The van der Waals surface area contributed by atoms with E-state index >= 15 is 4.79 Å². The first kappa shape index (κ1) is 121. The molecule has 121 heavy (non-hydrogen) atoms. The van der Waals surface area contributed by atoms with Gasteiger partial charge in [0.2, 0.25) is 0 Å². The predicted octanol–water partition coefficient (Wildman–Crippen LogP) is 41.0. The van der Waals surface area contributed by atoms with Crippen LogP contribution in [0.2, 0.25) is 78.6 Å². The number of carbonyl (C=O) groups excluding carboxylic acids is 1. The van der Waals surface area contributed by atoms with E-state index in [1.807, 2.05) is 6.92 Å². The first-order chi connectivity index (χ1) is 59.2. The molecule has 0 unspecified atom stereocenters. The molecule has 0 aliphatic heterocycles. The van der Waals surface area contributed by atoms with Gasteiger partial charge in [-0.1, -0.05) is 597 Å². The van der Waals surface area contributed by atoms with Crippen LogP contribution in [-0.2, 0) is 29.8 Å². The minimum absolute atomic E-state index is 0.205. The number of hydrogen-bond donors (Lipinski definition) is 0. The fourth-order valence-corrected chi connectivity index (χ4v) is 57.9. The van der Waals surface area contributed by atoms with Gasteiger partial charge < -0.3 is 25.0 Å². The number of rotatable bonds is 103. The Morgan fingerprint density at radius 1 is 0.165 bits per heavy atom. The van der Waals surface area contributed by atoms with Crippen molar-refractivity contribution in [3.05, 3.63) is 12.2 Å². The van der Waals surface area contributed by atoms with Crippen molar-refractivity contribution in [1.29, 1.82) is 0 Å². The summed E-state index contributed by atoms with van der Waals surface area (Å²) in [6.45, 7) is 37.5. The first-order valence-electron chi connectivity index (χ1n) is 56.5. The van der Waals surface area contributed by atoms with Crippen LogP contribution in [0.1, 0.15) is 598 Å². The van der Waals surface area contributed by atoms with Gasteiger partial charge in [-0.25, -0.2) is 4.79 Å². The van der Waals surface area contributed by atoms with Crippen LogP contribution in [0.25, 0.3) is 0 Å². The average Bonchev–Trinajstić information content (AvgIpc) is 0.764. The molecule has 13 heteroatoms. The van der Waals surface area contributed by atoms with E-state index in [2.05, 4.69) is 96.6 Å². The number of hydrogen-bond acceptors (Lipinski definition) is 7. The topological polar surface area (TPSA) is 72.5 Å². The summed E-state index contributed by atoms with van der Waals surface area (Å²) >= 11 is 0. The summed E-state index contributed by atoms with van der Waals surface area (Å²) < 4.78 is 55.2. The predicted molar refractivity (Wildman–Crippen MR) is 557 cm³/mol. The van der Waals surface area contributed by atoms with Crippen molar-refractivity contribution in [2.45, 2.75) is 676 Å². The molecular weight excluding hydrogens is 1580 g/mol. The Labute approximate surface area is 770 Å². The quantitative estimate of drug-likeness (QED) is 0.0341. The third-order valence-electron chi connectivity index (χ3n) is 27.6. The lowest BCUT2D eigenvalue weighted by molar-refractivity contribution is -0.132. The highest BCUT2D eigenvalue weighted by molar-refractivity contribution is 6.93. The third kappa shape index (κ3) is 68.9. The van der Waals surface area contributed by atoms with E-state index in [0.29, 0.717) is 5.57 Å². The van der Waals surface area contributed by atoms with Gasteiger partial charge in [-0.2, -0.15) is 0 Å². The van der Waals surface area contributed by atoms with Gasteiger partial charge >= 0.3 is 48.8 Å². The van der Waals surface area contributed by atoms with Crippen LogP contribution in [0, 0.1) is 0 Å². The maximum absolute atomic E-state index is 15.3. The SMILES string of the molecule is C=C(C)C(=O)O[Si](CCCCCCCC)(CCCCCCCC)O[Si](CCCCCCCC)(CCCCCCCC)O[Si](CCCCCCCC)(CCCCCCCC)O[Si](CCCCCCCC)(CCCCCCCC)O[Si](CCCCCCCC)(CCCCCCCC)O[Si](CCCCCCCC)(CCCCCCCC)CCCCCCCC. The van der Waals surface area contributed by atoms with Crippen LogP contribution in [0.4, 0.5) is 0 Å². The summed E-state index contributed by atoms with van der Waals surface area (Å²) in [5.74, 6) is -0.205. The van der Waals surface area contributed by atoms with Crippen molar-refractivity contribution >= 4 is 57.1 Å². The van der Waals surface area contributed by atoms with Crippen molar-refractivity contribution in [2.75, 3.05) is 0 Å². The highest BCUT2D eigenvalue weighted by Crippen LogP contribution is 2.47. The fraction of sp³-hybridized carbons (Fsp3) is 0.972. The molecule has 0 aromatic carbocycles. The minimum Gasteiger partial charge on any atom is -0.491 e. The van der Waals surface area contributed by atoms with Crippen LogP contribution in [-0.4, -0.2) is 57.1 Å². The zero-order valence-corrected chi connectivity index (χ0v) is 91.9. The van der Waals surface area contributed by atoms with Gasteiger partial charge in [-0.15, -0.1) is 0 Å². The summed E-state index contributed by atoms with van der Waals surface area (Å²) in [5.41, 5.74) is 0.525. The van der Waals surface area contributed by atoms with Crippen LogP contribution in [0.15, 0.2) is 12.2 Å². The Bertz CT molecular complexity index is 2010. The highest BCUT2D eigenvalue weighted by Gasteiger charge is 2.60. The summed E-state index contributed by atoms with van der Waals surface area (Å²) in [5, 5.41) is 0. The van der Waals surface area contributed by atoms with Crippen LogP contribution in [0.5, 0.6) is 0 Å². The van der Waals surface area contributed by atoms with Crippen LogP contribution in [0.3, 0.4) is 0 Å². The van der Waals surface area contributed by atoms with Crippen LogP contribution < -0.4 is 0 Å². The smallest absolute Gasteiger partial charge is 0.393 e. The van der Waals surface area contributed by atoms with E-state index in [-0.39, 0.29) is 5.97 Å². The molecule has 0 fully saturated rings. The van der Waals surface area contributed by atoms with E-state index in [9.17, 15) is 16.5 Å². The lowest BCUT2D eigenvalue weighted by Crippen LogP contribution is -2.66. The molecule has 0 aliphatic rings. The zero-order chi connectivity index (χ0) is 88.7. The van der Waals surface area contributed by atoms with E-state index in [4.69, 9.17) is 8.54 Å². The first-order valence-corrected chi connectivity index (χ1v) is 70.2. The second kappa shape index (κ2) is 88.2. The molecule has 0 aromatic heterocycles. The molecule has 0 saturated heterocycles.